The molecule has 1 saturated carbocycles. The van der Waals surface area contributed by atoms with Crippen LogP contribution in [0.1, 0.15) is 31.4 Å². The lowest BCUT2D eigenvalue weighted by Gasteiger charge is -2.21. The molecular weight excluding hydrogens is 150 g/mol. The standard InChI is InChI=1S/C10H15NO/c11-10(5-1-2-6-10)8-9-4-3-7-12-9/h3-4,7H,1-2,5-6,8,11H2. The Kier molecular flexibility index (Phi) is 1.93. The summed E-state index contributed by atoms with van der Waals surface area (Å²) in [6, 6.07) is 3.93. The fourth-order valence-corrected chi connectivity index (χ4v) is 2.02. The highest BCUT2D eigenvalue weighted by Gasteiger charge is 2.30. The Morgan fingerprint density at radius 2 is 2.17 bits per heavy atom. The van der Waals surface area contributed by atoms with Crippen LogP contribution in [0.15, 0.2) is 22.8 Å². The third-order valence-corrected chi connectivity index (χ3v) is 2.71. The molecule has 0 bridgehead atoms. The van der Waals surface area contributed by atoms with E-state index in [1.54, 1.807) is 6.26 Å². The van der Waals surface area contributed by atoms with Gasteiger partial charge in [-0.1, -0.05) is 12.8 Å². The van der Waals surface area contributed by atoms with Gasteiger partial charge in [-0.05, 0) is 25.0 Å². The Hall–Kier alpha value is -0.760. The van der Waals surface area contributed by atoms with Gasteiger partial charge in [-0.3, -0.25) is 0 Å². The molecule has 0 aliphatic heterocycles. The fourth-order valence-electron chi connectivity index (χ4n) is 2.02. The Bertz CT molecular complexity index is 234. The van der Waals surface area contributed by atoms with Crippen molar-refractivity contribution in [2.45, 2.75) is 37.6 Å². The van der Waals surface area contributed by atoms with Crippen LogP contribution in [0.2, 0.25) is 0 Å². The fraction of sp³-hybridized carbons (Fsp3) is 0.600. The SMILES string of the molecule is NC1(Cc2ccco2)CCCC1. The minimum atomic E-state index is 0.0256. The van der Waals surface area contributed by atoms with Crippen LogP contribution >= 0.6 is 0 Å². The van der Waals surface area contributed by atoms with Gasteiger partial charge in [0, 0.05) is 12.0 Å². The van der Waals surface area contributed by atoms with Crippen LogP contribution in [0.3, 0.4) is 0 Å². The zero-order chi connectivity index (χ0) is 8.44. The van der Waals surface area contributed by atoms with Gasteiger partial charge in [-0.2, -0.15) is 0 Å². The molecule has 1 fully saturated rings. The topological polar surface area (TPSA) is 39.2 Å². The van der Waals surface area contributed by atoms with Gasteiger partial charge >= 0.3 is 0 Å². The van der Waals surface area contributed by atoms with E-state index in [0.717, 1.165) is 25.0 Å². The minimum Gasteiger partial charge on any atom is -0.469 e. The number of hydrogen-bond acceptors (Lipinski definition) is 2. The van der Waals surface area contributed by atoms with Gasteiger partial charge in [0.15, 0.2) is 0 Å². The van der Waals surface area contributed by atoms with E-state index in [9.17, 15) is 0 Å². The molecule has 1 heterocycles. The number of nitrogens with two attached hydrogens (primary N) is 1. The van der Waals surface area contributed by atoms with Crippen LogP contribution in [-0.2, 0) is 6.42 Å². The summed E-state index contributed by atoms with van der Waals surface area (Å²) in [7, 11) is 0. The van der Waals surface area contributed by atoms with Gasteiger partial charge in [0.2, 0.25) is 0 Å². The van der Waals surface area contributed by atoms with E-state index in [1.165, 1.54) is 12.8 Å². The molecule has 1 aromatic heterocycles. The Labute approximate surface area is 72.7 Å². The van der Waals surface area contributed by atoms with Gasteiger partial charge in [0.1, 0.15) is 5.76 Å². The Morgan fingerprint density at radius 3 is 2.75 bits per heavy atom. The summed E-state index contributed by atoms with van der Waals surface area (Å²) >= 11 is 0. The van der Waals surface area contributed by atoms with Gasteiger partial charge in [0.25, 0.3) is 0 Å². The second-order valence-corrected chi connectivity index (χ2v) is 3.83. The van der Waals surface area contributed by atoms with E-state index < -0.39 is 0 Å². The molecule has 1 aliphatic rings. The monoisotopic (exact) mass is 165 g/mol. The van der Waals surface area contributed by atoms with Gasteiger partial charge in [0.05, 0.1) is 6.26 Å². The first-order valence-corrected chi connectivity index (χ1v) is 4.60. The average Bonchev–Trinajstić information content (AvgIpc) is 2.62. The molecule has 0 saturated heterocycles. The lowest BCUT2D eigenvalue weighted by Crippen LogP contribution is -2.38. The predicted molar refractivity (Wildman–Crippen MR) is 47.8 cm³/mol. The second-order valence-electron chi connectivity index (χ2n) is 3.83. The molecule has 0 unspecified atom stereocenters. The summed E-state index contributed by atoms with van der Waals surface area (Å²) in [5, 5.41) is 0. The summed E-state index contributed by atoms with van der Waals surface area (Å²) in [6.07, 6.45) is 7.46. The van der Waals surface area contributed by atoms with Crippen LogP contribution in [0, 0.1) is 0 Å². The lowest BCUT2D eigenvalue weighted by molar-refractivity contribution is 0.386. The zero-order valence-corrected chi connectivity index (χ0v) is 7.25. The first-order valence-electron chi connectivity index (χ1n) is 4.60. The summed E-state index contributed by atoms with van der Waals surface area (Å²) in [5.41, 5.74) is 6.22. The van der Waals surface area contributed by atoms with E-state index in [0.29, 0.717) is 0 Å². The van der Waals surface area contributed by atoms with Crippen molar-refractivity contribution in [3.05, 3.63) is 24.2 Å². The molecule has 0 aromatic carbocycles. The summed E-state index contributed by atoms with van der Waals surface area (Å²) in [4.78, 5) is 0. The van der Waals surface area contributed by atoms with Crippen molar-refractivity contribution < 1.29 is 4.42 Å². The summed E-state index contributed by atoms with van der Waals surface area (Å²) in [5.74, 6) is 1.03. The molecule has 0 radical (unpaired) electrons. The van der Waals surface area contributed by atoms with Crippen LogP contribution < -0.4 is 5.73 Å². The maximum atomic E-state index is 6.19. The highest BCUT2D eigenvalue weighted by Crippen LogP contribution is 2.30. The highest BCUT2D eigenvalue weighted by molar-refractivity contribution is 5.05. The van der Waals surface area contributed by atoms with E-state index in [1.807, 2.05) is 12.1 Å². The van der Waals surface area contributed by atoms with Crippen molar-refractivity contribution in [3.63, 3.8) is 0 Å². The smallest absolute Gasteiger partial charge is 0.105 e. The summed E-state index contributed by atoms with van der Waals surface area (Å²) < 4.78 is 5.28. The minimum absolute atomic E-state index is 0.0256. The van der Waals surface area contributed by atoms with E-state index >= 15 is 0 Å². The van der Waals surface area contributed by atoms with Crippen LogP contribution in [0.5, 0.6) is 0 Å². The largest absolute Gasteiger partial charge is 0.469 e. The molecule has 0 atom stereocenters. The molecule has 2 rings (SSSR count). The molecule has 12 heavy (non-hydrogen) atoms. The van der Waals surface area contributed by atoms with Crippen molar-refractivity contribution in [2.24, 2.45) is 5.73 Å². The van der Waals surface area contributed by atoms with Crippen LogP contribution in [0.4, 0.5) is 0 Å². The van der Waals surface area contributed by atoms with Crippen LogP contribution in [0.25, 0.3) is 0 Å². The normalized spacial score (nSPS) is 21.4. The van der Waals surface area contributed by atoms with Crippen LogP contribution in [-0.4, -0.2) is 5.54 Å². The molecule has 1 aromatic rings. The highest BCUT2D eigenvalue weighted by atomic mass is 16.3. The molecule has 66 valence electrons. The predicted octanol–water partition coefficient (Wildman–Crippen LogP) is 2.09. The maximum Gasteiger partial charge on any atom is 0.105 e. The van der Waals surface area contributed by atoms with Crippen molar-refractivity contribution in [2.75, 3.05) is 0 Å². The van der Waals surface area contributed by atoms with Gasteiger partial charge in [-0.15, -0.1) is 0 Å². The molecule has 2 nitrogen and oxygen atoms in total. The first-order chi connectivity index (χ1) is 5.79. The van der Waals surface area contributed by atoms with Crippen molar-refractivity contribution >= 4 is 0 Å². The zero-order valence-electron chi connectivity index (χ0n) is 7.25. The van der Waals surface area contributed by atoms with E-state index in [2.05, 4.69) is 0 Å². The third-order valence-electron chi connectivity index (χ3n) is 2.71. The number of furan rings is 1. The second kappa shape index (κ2) is 2.94. The molecule has 2 N–H and O–H groups in total. The van der Waals surface area contributed by atoms with Crippen molar-refractivity contribution in [1.29, 1.82) is 0 Å². The molecule has 2 heteroatoms. The molecule has 1 aliphatic carbocycles. The number of hydrogen-bond donors (Lipinski definition) is 1. The third kappa shape index (κ3) is 1.53. The summed E-state index contributed by atoms with van der Waals surface area (Å²) in [6.45, 7) is 0. The molecule has 0 spiro atoms. The molecular formula is C10H15NO. The van der Waals surface area contributed by atoms with Gasteiger partial charge in [-0.25, -0.2) is 0 Å². The van der Waals surface area contributed by atoms with Crippen molar-refractivity contribution in [3.8, 4) is 0 Å². The maximum absolute atomic E-state index is 6.19. The first kappa shape index (κ1) is 7.87. The number of rotatable bonds is 2. The van der Waals surface area contributed by atoms with Gasteiger partial charge < -0.3 is 10.2 Å². The van der Waals surface area contributed by atoms with Crippen molar-refractivity contribution in [1.82, 2.24) is 0 Å². The van der Waals surface area contributed by atoms with E-state index in [-0.39, 0.29) is 5.54 Å². The van der Waals surface area contributed by atoms with E-state index in [4.69, 9.17) is 10.2 Å². The molecule has 0 amide bonds. The average molecular weight is 165 g/mol. The lowest BCUT2D eigenvalue weighted by atomic mass is 9.93. The Balaban J connectivity index is 2.02. The Morgan fingerprint density at radius 1 is 1.42 bits per heavy atom. The quantitative estimate of drug-likeness (QED) is 0.728.